The highest BCUT2D eigenvalue weighted by atomic mass is 35.5. The molecule has 0 bridgehead atoms. The Bertz CT molecular complexity index is 899. The molecule has 11 heteroatoms. The number of benzene rings is 1. The molecule has 0 radical (unpaired) electrons. The van der Waals surface area contributed by atoms with Gasteiger partial charge in [-0.25, -0.2) is 9.97 Å². The van der Waals surface area contributed by atoms with E-state index in [-0.39, 0.29) is 53.6 Å². The largest absolute Gasteiger partial charge is 0.416 e. The van der Waals surface area contributed by atoms with Crippen LogP contribution in [-0.2, 0) is 19.0 Å². The molecule has 2 aromatic rings. The van der Waals surface area contributed by atoms with E-state index in [0.29, 0.717) is 6.54 Å². The summed E-state index contributed by atoms with van der Waals surface area (Å²) in [6.07, 6.45) is 0.0785. The molecule has 1 aliphatic heterocycles. The zero-order valence-corrected chi connectivity index (χ0v) is 17.8. The van der Waals surface area contributed by atoms with Crippen LogP contribution in [0.4, 0.5) is 30.4 Å². The fourth-order valence-electron chi connectivity index (χ4n) is 4.10. The molecular formula is C19H25Cl2F3N6. The second-order valence-corrected chi connectivity index (χ2v) is 7.53. The molecule has 1 fully saturated rings. The van der Waals surface area contributed by atoms with E-state index in [0.717, 1.165) is 67.9 Å². The van der Waals surface area contributed by atoms with Gasteiger partial charge in [-0.2, -0.15) is 13.2 Å². The number of nitrogens with two attached hydrogens (primary N) is 3. The lowest BCUT2D eigenvalue weighted by atomic mass is 10.0. The van der Waals surface area contributed by atoms with Gasteiger partial charge in [0.05, 0.1) is 11.1 Å². The smallest absolute Gasteiger partial charge is 0.398 e. The zero-order chi connectivity index (χ0) is 20.1. The van der Waals surface area contributed by atoms with E-state index >= 15 is 0 Å². The number of aryl methyl sites for hydroxylation is 1. The predicted octanol–water partition coefficient (Wildman–Crippen LogP) is 3.59. The number of hydrogen-bond acceptors (Lipinski definition) is 6. The van der Waals surface area contributed by atoms with E-state index in [9.17, 15) is 13.2 Å². The summed E-state index contributed by atoms with van der Waals surface area (Å²) < 4.78 is 39.1. The van der Waals surface area contributed by atoms with Gasteiger partial charge in [0, 0.05) is 41.8 Å². The zero-order valence-electron chi connectivity index (χ0n) is 16.2. The maximum atomic E-state index is 13.0. The standard InChI is InChI=1S/C19H23F3N6.2ClH/c20-19(21,22)10-7-13(24)16(14(25)8-10)17-26-15-5-1-4-12(15)18(27-17)28-6-2-3-11(23)9-28;;/h7-8,11H,1-6,9,23-25H2;2*1H. The Balaban J connectivity index is 0.00000160. The van der Waals surface area contributed by atoms with Gasteiger partial charge in [0.25, 0.3) is 0 Å². The molecule has 1 saturated heterocycles. The van der Waals surface area contributed by atoms with Gasteiger partial charge in [-0.1, -0.05) is 0 Å². The maximum absolute atomic E-state index is 13.0. The highest BCUT2D eigenvalue weighted by Crippen LogP contribution is 2.39. The summed E-state index contributed by atoms with van der Waals surface area (Å²) in [5.41, 5.74) is 19.3. The first-order chi connectivity index (χ1) is 13.2. The number of nitrogen functional groups attached to an aromatic ring is 2. The molecule has 1 aliphatic carbocycles. The molecule has 2 aliphatic rings. The van der Waals surface area contributed by atoms with Crippen LogP contribution in [0.25, 0.3) is 11.4 Å². The normalized spacial score (nSPS) is 18.4. The number of rotatable bonds is 2. The topological polar surface area (TPSA) is 107 Å². The third-order valence-corrected chi connectivity index (χ3v) is 5.42. The lowest BCUT2D eigenvalue weighted by Crippen LogP contribution is -2.43. The van der Waals surface area contributed by atoms with Gasteiger partial charge in [-0.15, -0.1) is 24.8 Å². The van der Waals surface area contributed by atoms with Crippen LogP contribution in [0, 0.1) is 0 Å². The third kappa shape index (κ3) is 4.53. The number of fused-ring (bicyclic) bond motifs is 1. The third-order valence-electron chi connectivity index (χ3n) is 5.42. The number of anilines is 3. The summed E-state index contributed by atoms with van der Waals surface area (Å²) in [6.45, 7) is 1.54. The Morgan fingerprint density at radius 2 is 1.67 bits per heavy atom. The van der Waals surface area contributed by atoms with Crippen molar-refractivity contribution in [2.45, 2.75) is 44.3 Å². The van der Waals surface area contributed by atoms with E-state index in [1.165, 1.54) is 0 Å². The summed E-state index contributed by atoms with van der Waals surface area (Å²) in [4.78, 5) is 11.5. The molecule has 166 valence electrons. The van der Waals surface area contributed by atoms with Crippen LogP contribution in [0.2, 0.25) is 0 Å². The minimum Gasteiger partial charge on any atom is -0.398 e. The molecular weight excluding hydrogens is 440 g/mol. The van der Waals surface area contributed by atoms with E-state index in [1.54, 1.807) is 0 Å². The first-order valence-electron chi connectivity index (χ1n) is 9.41. The second kappa shape index (κ2) is 9.03. The first kappa shape index (κ1) is 24.3. The number of alkyl halides is 3. The Hall–Kier alpha value is -1.97. The first-order valence-corrected chi connectivity index (χ1v) is 9.41. The van der Waals surface area contributed by atoms with Crippen LogP contribution in [0.1, 0.15) is 36.1 Å². The summed E-state index contributed by atoms with van der Waals surface area (Å²) in [5.74, 6) is 1.09. The molecule has 0 spiro atoms. The van der Waals surface area contributed by atoms with Crippen molar-refractivity contribution in [1.82, 2.24) is 9.97 Å². The van der Waals surface area contributed by atoms with Crippen molar-refractivity contribution >= 4 is 42.0 Å². The average molecular weight is 465 g/mol. The number of aromatic nitrogens is 2. The number of nitrogens with zero attached hydrogens (tertiary/aromatic N) is 3. The van der Waals surface area contributed by atoms with Crippen molar-refractivity contribution in [3.8, 4) is 11.4 Å². The van der Waals surface area contributed by atoms with Gasteiger partial charge in [-0.05, 0) is 44.2 Å². The molecule has 4 rings (SSSR count). The molecule has 1 aromatic heterocycles. The molecule has 0 saturated carbocycles. The minimum atomic E-state index is -4.52. The molecule has 0 amide bonds. The second-order valence-electron chi connectivity index (χ2n) is 7.53. The van der Waals surface area contributed by atoms with Gasteiger partial charge < -0.3 is 22.1 Å². The fourth-order valence-corrected chi connectivity index (χ4v) is 4.10. The van der Waals surface area contributed by atoms with Crippen molar-refractivity contribution in [3.63, 3.8) is 0 Å². The Morgan fingerprint density at radius 1 is 1.00 bits per heavy atom. The van der Waals surface area contributed by atoms with E-state index in [1.807, 2.05) is 0 Å². The molecule has 1 aromatic carbocycles. The van der Waals surface area contributed by atoms with E-state index in [4.69, 9.17) is 22.2 Å². The van der Waals surface area contributed by atoms with Crippen molar-refractivity contribution < 1.29 is 13.2 Å². The highest BCUT2D eigenvalue weighted by molar-refractivity contribution is 5.86. The lowest BCUT2D eigenvalue weighted by Gasteiger charge is -2.33. The maximum Gasteiger partial charge on any atom is 0.416 e. The Labute approximate surface area is 185 Å². The van der Waals surface area contributed by atoms with Crippen LogP contribution >= 0.6 is 24.8 Å². The average Bonchev–Trinajstić information content (AvgIpc) is 3.08. The van der Waals surface area contributed by atoms with Gasteiger partial charge in [0.1, 0.15) is 5.82 Å². The van der Waals surface area contributed by atoms with E-state index < -0.39 is 11.7 Å². The summed E-state index contributed by atoms with van der Waals surface area (Å²) in [7, 11) is 0. The van der Waals surface area contributed by atoms with Crippen LogP contribution < -0.4 is 22.1 Å². The van der Waals surface area contributed by atoms with Crippen LogP contribution in [0.5, 0.6) is 0 Å². The Kier molecular flexibility index (Phi) is 7.32. The molecule has 2 heterocycles. The fraction of sp³-hybridized carbons (Fsp3) is 0.474. The van der Waals surface area contributed by atoms with Gasteiger partial charge in [0.15, 0.2) is 5.82 Å². The molecule has 6 nitrogen and oxygen atoms in total. The molecule has 1 unspecified atom stereocenters. The van der Waals surface area contributed by atoms with E-state index in [2.05, 4.69) is 9.88 Å². The SMILES string of the molecule is Cl.Cl.Nc1cc(C(F)(F)F)cc(N)c1-c1nc2c(c(N3CCCC(N)C3)n1)CCC2. The van der Waals surface area contributed by atoms with Crippen molar-refractivity contribution in [3.05, 3.63) is 29.0 Å². The van der Waals surface area contributed by atoms with Crippen molar-refractivity contribution in [2.75, 3.05) is 29.5 Å². The summed E-state index contributed by atoms with van der Waals surface area (Å²) >= 11 is 0. The van der Waals surface area contributed by atoms with Gasteiger partial charge >= 0.3 is 6.18 Å². The number of hydrogen-bond donors (Lipinski definition) is 3. The van der Waals surface area contributed by atoms with Crippen LogP contribution in [-0.4, -0.2) is 29.1 Å². The summed E-state index contributed by atoms with van der Waals surface area (Å²) in [5, 5.41) is 0. The number of piperidine rings is 1. The Morgan fingerprint density at radius 3 is 2.27 bits per heavy atom. The molecule has 6 N–H and O–H groups in total. The summed E-state index contributed by atoms with van der Waals surface area (Å²) in [6, 6.07) is 1.85. The quantitative estimate of drug-likeness (QED) is 0.586. The lowest BCUT2D eigenvalue weighted by molar-refractivity contribution is -0.137. The monoisotopic (exact) mass is 464 g/mol. The van der Waals surface area contributed by atoms with Crippen molar-refractivity contribution in [2.24, 2.45) is 5.73 Å². The van der Waals surface area contributed by atoms with Gasteiger partial charge in [-0.3, -0.25) is 0 Å². The molecule has 30 heavy (non-hydrogen) atoms. The minimum absolute atomic E-state index is 0. The highest BCUT2D eigenvalue weighted by Gasteiger charge is 2.33. The van der Waals surface area contributed by atoms with Crippen LogP contribution in [0.3, 0.4) is 0 Å². The van der Waals surface area contributed by atoms with Gasteiger partial charge in [0.2, 0.25) is 0 Å². The predicted molar refractivity (Wildman–Crippen MR) is 117 cm³/mol. The molecule has 1 atom stereocenters. The van der Waals surface area contributed by atoms with Crippen molar-refractivity contribution in [1.29, 1.82) is 0 Å². The number of halogens is 5. The van der Waals surface area contributed by atoms with Crippen LogP contribution in [0.15, 0.2) is 12.1 Å².